The molecule has 2 rings (SSSR count). The zero-order chi connectivity index (χ0) is 16.1. The third kappa shape index (κ3) is 4.33. The molecule has 2 N–H and O–H groups in total. The number of carboxylic acid groups (broad SMARTS) is 1. The number of carboxylic acids is 1. The van der Waals surface area contributed by atoms with E-state index in [1.54, 1.807) is 6.07 Å². The molecule has 0 heterocycles. The van der Waals surface area contributed by atoms with Gasteiger partial charge in [0.2, 0.25) is 0 Å². The Bertz CT molecular complexity index is 715. The van der Waals surface area contributed by atoms with Crippen LogP contribution < -0.4 is 10.1 Å². The molecule has 0 aliphatic rings. The van der Waals surface area contributed by atoms with Gasteiger partial charge in [0.1, 0.15) is 5.75 Å². The van der Waals surface area contributed by atoms with Crippen molar-refractivity contribution >= 4 is 33.5 Å². The van der Waals surface area contributed by atoms with Crippen LogP contribution in [0.15, 0.2) is 46.9 Å². The number of ether oxygens (including phenoxy) is 1. The Morgan fingerprint density at radius 1 is 1.23 bits per heavy atom. The SMILES string of the molecule is Cc1cccc(NC(=O)COc2ccc(C(=O)O)cc2Br)c1. The Morgan fingerprint density at radius 3 is 2.64 bits per heavy atom. The molecule has 0 bridgehead atoms. The van der Waals surface area contributed by atoms with Crippen LogP contribution in [0.25, 0.3) is 0 Å². The fourth-order valence-corrected chi connectivity index (χ4v) is 2.31. The summed E-state index contributed by atoms with van der Waals surface area (Å²) in [6, 6.07) is 11.8. The molecule has 114 valence electrons. The van der Waals surface area contributed by atoms with Gasteiger partial charge in [0.25, 0.3) is 5.91 Å². The van der Waals surface area contributed by atoms with Crippen LogP contribution in [-0.4, -0.2) is 23.6 Å². The largest absolute Gasteiger partial charge is 0.483 e. The topological polar surface area (TPSA) is 75.6 Å². The van der Waals surface area contributed by atoms with Crippen LogP contribution in [0.4, 0.5) is 5.69 Å². The summed E-state index contributed by atoms with van der Waals surface area (Å²) in [6.07, 6.45) is 0. The maximum absolute atomic E-state index is 11.8. The van der Waals surface area contributed by atoms with Crippen LogP contribution >= 0.6 is 15.9 Å². The average Bonchev–Trinajstić information content (AvgIpc) is 2.45. The summed E-state index contributed by atoms with van der Waals surface area (Å²) >= 11 is 3.22. The summed E-state index contributed by atoms with van der Waals surface area (Å²) < 4.78 is 5.87. The summed E-state index contributed by atoms with van der Waals surface area (Å²) in [7, 11) is 0. The molecule has 0 aliphatic carbocycles. The highest BCUT2D eigenvalue weighted by molar-refractivity contribution is 9.10. The van der Waals surface area contributed by atoms with Crippen molar-refractivity contribution in [3.05, 3.63) is 58.1 Å². The summed E-state index contributed by atoms with van der Waals surface area (Å²) in [5.74, 6) is -0.909. The molecular formula is C16H14BrNO4. The minimum atomic E-state index is -1.02. The van der Waals surface area contributed by atoms with Gasteiger partial charge in [-0.1, -0.05) is 12.1 Å². The van der Waals surface area contributed by atoms with E-state index in [0.717, 1.165) is 5.56 Å². The highest BCUT2D eigenvalue weighted by atomic mass is 79.9. The van der Waals surface area contributed by atoms with E-state index in [4.69, 9.17) is 9.84 Å². The zero-order valence-electron chi connectivity index (χ0n) is 11.8. The second-order valence-electron chi connectivity index (χ2n) is 4.66. The molecule has 0 radical (unpaired) electrons. The number of amides is 1. The van der Waals surface area contributed by atoms with Crippen molar-refractivity contribution in [3.8, 4) is 5.75 Å². The first-order chi connectivity index (χ1) is 10.5. The number of aryl methyl sites for hydroxylation is 1. The third-order valence-electron chi connectivity index (χ3n) is 2.84. The number of anilines is 1. The maximum atomic E-state index is 11.8. The Morgan fingerprint density at radius 2 is 2.00 bits per heavy atom. The lowest BCUT2D eigenvalue weighted by atomic mass is 10.2. The van der Waals surface area contributed by atoms with Crippen LogP contribution in [0.5, 0.6) is 5.75 Å². The summed E-state index contributed by atoms with van der Waals surface area (Å²) in [4.78, 5) is 22.7. The molecule has 2 aromatic carbocycles. The number of halogens is 1. The minimum Gasteiger partial charge on any atom is -0.483 e. The normalized spacial score (nSPS) is 10.1. The lowest BCUT2D eigenvalue weighted by Crippen LogP contribution is -2.20. The number of hydrogen-bond acceptors (Lipinski definition) is 3. The van der Waals surface area contributed by atoms with Gasteiger partial charge in [-0.25, -0.2) is 4.79 Å². The first-order valence-electron chi connectivity index (χ1n) is 6.48. The molecule has 22 heavy (non-hydrogen) atoms. The van der Waals surface area contributed by atoms with Gasteiger partial charge in [0.15, 0.2) is 6.61 Å². The smallest absolute Gasteiger partial charge is 0.335 e. The second-order valence-corrected chi connectivity index (χ2v) is 5.51. The molecule has 0 aliphatic heterocycles. The number of nitrogens with one attached hydrogen (secondary N) is 1. The number of benzene rings is 2. The molecule has 0 saturated heterocycles. The molecule has 5 nitrogen and oxygen atoms in total. The van der Waals surface area contributed by atoms with Crippen molar-refractivity contribution in [2.24, 2.45) is 0 Å². The van der Waals surface area contributed by atoms with Crippen LogP contribution in [-0.2, 0) is 4.79 Å². The van der Waals surface area contributed by atoms with Crippen molar-refractivity contribution in [2.45, 2.75) is 6.92 Å². The van der Waals surface area contributed by atoms with E-state index in [0.29, 0.717) is 15.9 Å². The molecule has 0 fully saturated rings. The first kappa shape index (κ1) is 16.0. The molecule has 1 amide bonds. The van der Waals surface area contributed by atoms with Gasteiger partial charge >= 0.3 is 5.97 Å². The van der Waals surface area contributed by atoms with Gasteiger partial charge in [-0.3, -0.25) is 4.79 Å². The van der Waals surface area contributed by atoms with Gasteiger partial charge in [0, 0.05) is 5.69 Å². The van der Waals surface area contributed by atoms with Crippen molar-refractivity contribution in [1.29, 1.82) is 0 Å². The van der Waals surface area contributed by atoms with E-state index in [2.05, 4.69) is 21.2 Å². The van der Waals surface area contributed by atoms with Crippen LogP contribution in [0.2, 0.25) is 0 Å². The molecule has 0 saturated carbocycles. The van der Waals surface area contributed by atoms with E-state index in [1.165, 1.54) is 18.2 Å². The van der Waals surface area contributed by atoms with Crippen LogP contribution in [0, 0.1) is 6.92 Å². The fourth-order valence-electron chi connectivity index (χ4n) is 1.81. The number of aromatic carboxylic acids is 1. The van der Waals surface area contributed by atoms with E-state index >= 15 is 0 Å². The highest BCUT2D eigenvalue weighted by Crippen LogP contribution is 2.26. The second kappa shape index (κ2) is 7.09. The average molecular weight is 364 g/mol. The summed E-state index contributed by atoms with van der Waals surface area (Å²) in [6.45, 7) is 1.77. The van der Waals surface area contributed by atoms with E-state index in [9.17, 15) is 9.59 Å². The monoisotopic (exact) mass is 363 g/mol. The molecule has 0 unspecified atom stereocenters. The Balaban J connectivity index is 1.95. The Labute approximate surface area is 136 Å². The van der Waals surface area contributed by atoms with Crippen molar-refractivity contribution in [3.63, 3.8) is 0 Å². The quantitative estimate of drug-likeness (QED) is 0.852. The van der Waals surface area contributed by atoms with Gasteiger partial charge in [-0.15, -0.1) is 0 Å². The number of hydrogen-bond donors (Lipinski definition) is 2. The van der Waals surface area contributed by atoms with Crippen molar-refractivity contribution in [1.82, 2.24) is 0 Å². The maximum Gasteiger partial charge on any atom is 0.335 e. The molecule has 0 spiro atoms. The predicted molar refractivity (Wildman–Crippen MR) is 86.4 cm³/mol. The van der Waals surface area contributed by atoms with Gasteiger partial charge in [-0.05, 0) is 58.7 Å². The highest BCUT2D eigenvalue weighted by Gasteiger charge is 2.09. The Kier molecular flexibility index (Phi) is 5.16. The lowest BCUT2D eigenvalue weighted by molar-refractivity contribution is -0.118. The molecule has 6 heteroatoms. The predicted octanol–water partition coefficient (Wildman–Crippen LogP) is 3.47. The zero-order valence-corrected chi connectivity index (χ0v) is 13.4. The van der Waals surface area contributed by atoms with Crippen molar-refractivity contribution in [2.75, 3.05) is 11.9 Å². The summed E-state index contributed by atoms with van der Waals surface area (Å²) in [5.41, 5.74) is 1.89. The Hall–Kier alpha value is -2.34. The summed E-state index contributed by atoms with van der Waals surface area (Å²) in [5, 5.41) is 11.6. The van der Waals surface area contributed by atoms with Crippen LogP contribution in [0.3, 0.4) is 0 Å². The lowest BCUT2D eigenvalue weighted by Gasteiger charge is -2.09. The molecule has 2 aromatic rings. The van der Waals surface area contributed by atoms with E-state index in [-0.39, 0.29) is 18.1 Å². The van der Waals surface area contributed by atoms with Gasteiger partial charge < -0.3 is 15.2 Å². The van der Waals surface area contributed by atoms with E-state index < -0.39 is 5.97 Å². The number of carbonyl (C=O) groups excluding carboxylic acids is 1. The molecule has 0 aromatic heterocycles. The number of rotatable bonds is 5. The van der Waals surface area contributed by atoms with Gasteiger partial charge in [0.05, 0.1) is 10.0 Å². The fraction of sp³-hybridized carbons (Fsp3) is 0.125. The first-order valence-corrected chi connectivity index (χ1v) is 7.27. The van der Waals surface area contributed by atoms with Gasteiger partial charge in [-0.2, -0.15) is 0 Å². The standard InChI is InChI=1S/C16H14BrNO4/c1-10-3-2-4-12(7-10)18-15(19)9-22-14-6-5-11(16(20)21)8-13(14)17/h2-8H,9H2,1H3,(H,18,19)(H,20,21). The van der Waals surface area contributed by atoms with Crippen molar-refractivity contribution < 1.29 is 19.4 Å². The van der Waals surface area contributed by atoms with E-state index in [1.807, 2.05) is 25.1 Å². The minimum absolute atomic E-state index is 0.142. The third-order valence-corrected chi connectivity index (χ3v) is 3.46. The molecule has 0 atom stereocenters. The number of carbonyl (C=O) groups is 2. The molecular weight excluding hydrogens is 350 g/mol. The van der Waals surface area contributed by atoms with Crippen LogP contribution in [0.1, 0.15) is 15.9 Å².